The van der Waals surface area contributed by atoms with Crippen molar-refractivity contribution in [3.05, 3.63) is 134 Å². The second kappa shape index (κ2) is 52.2. The number of rotatable bonds is 44. The molecular weight excluding hydrogens is 805 g/mol. The molecule has 0 N–H and O–H groups in total. The van der Waals surface area contributed by atoms with E-state index in [1.54, 1.807) is 0 Å². The minimum absolute atomic E-state index is 0.115. The molecule has 0 amide bonds. The van der Waals surface area contributed by atoms with Crippen LogP contribution in [0.2, 0.25) is 0 Å². The van der Waals surface area contributed by atoms with E-state index in [0.29, 0.717) is 19.3 Å². The van der Waals surface area contributed by atoms with Crippen LogP contribution in [0.15, 0.2) is 134 Å². The first kappa shape index (κ1) is 60.5. The SMILES string of the molecule is CC\C=C/C=C\C=C/C=C\C=C/CCCCCC(=O)OC(COC(=O)CCCCC\C=C/C=C\C=C/C=C\CC)COC(=O)CCCCCCCCCCCC/C=C\C=C/CCCCC. The van der Waals surface area contributed by atoms with Gasteiger partial charge < -0.3 is 14.2 Å². The van der Waals surface area contributed by atoms with Crippen molar-refractivity contribution in [1.82, 2.24) is 0 Å². The average Bonchev–Trinajstić information content (AvgIpc) is 3.30. The van der Waals surface area contributed by atoms with Gasteiger partial charge in [0.15, 0.2) is 6.10 Å². The van der Waals surface area contributed by atoms with E-state index in [-0.39, 0.29) is 37.5 Å². The molecule has 0 aliphatic rings. The number of hydrogen-bond donors (Lipinski definition) is 0. The lowest BCUT2D eigenvalue weighted by Gasteiger charge is -2.18. The molecule has 0 saturated heterocycles. The van der Waals surface area contributed by atoms with Crippen LogP contribution in [0.1, 0.15) is 201 Å². The fraction of sp³-hybridized carbons (Fsp3) is 0.576. The fourth-order valence-electron chi connectivity index (χ4n) is 6.52. The zero-order chi connectivity index (χ0) is 47.2. The lowest BCUT2D eigenvalue weighted by atomic mass is 10.1. The molecule has 0 fully saturated rings. The highest BCUT2D eigenvalue weighted by molar-refractivity contribution is 5.71. The second-order valence-corrected chi connectivity index (χ2v) is 16.6. The summed E-state index contributed by atoms with van der Waals surface area (Å²) in [6.45, 7) is 6.23. The van der Waals surface area contributed by atoms with Gasteiger partial charge in [0.2, 0.25) is 0 Å². The van der Waals surface area contributed by atoms with Crippen molar-refractivity contribution < 1.29 is 28.6 Å². The van der Waals surface area contributed by atoms with E-state index in [1.807, 2.05) is 85.1 Å². The van der Waals surface area contributed by atoms with Crippen LogP contribution in [0.4, 0.5) is 0 Å². The van der Waals surface area contributed by atoms with Gasteiger partial charge in [0, 0.05) is 19.3 Å². The molecule has 0 radical (unpaired) electrons. The fourth-order valence-corrected chi connectivity index (χ4v) is 6.52. The van der Waals surface area contributed by atoms with Crippen molar-refractivity contribution in [2.45, 2.75) is 207 Å². The first-order valence-electron chi connectivity index (χ1n) is 25.8. The summed E-state index contributed by atoms with van der Waals surface area (Å²) in [6, 6.07) is 0. The van der Waals surface area contributed by atoms with Gasteiger partial charge in [0.25, 0.3) is 0 Å². The average molecular weight is 897 g/mol. The van der Waals surface area contributed by atoms with Crippen LogP contribution in [0.3, 0.4) is 0 Å². The molecule has 364 valence electrons. The number of hydrogen-bond acceptors (Lipinski definition) is 6. The highest BCUT2D eigenvalue weighted by Gasteiger charge is 2.19. The van der Waals surface area contributed by atoms with Gasteiger partial charge in [0.05, 0.1) is 0 Å². The largest absolute Gasteiger partial charge is 0.462 e. The molecule has 0 saturated carbocycles. The Labute approximate surface area is 398 Å². The normalized spacial score (nSPS) is 13.2. The Kier molecular flexibility index (Phi) is 48.6. The molecule has 0 aliphatic carbocycles. The van der Waals surface area contributed by atoms with Crippen molar-refractivity contribution in [3.63, 3.8) is 0 Å². The van der Waals surface area contributed by atoms with Gasteiger partial charge in [-0.1, -0.05) is 231 Å². The summed E-state index contributed by atoms with van der Waals surface area (Å²) < 4.78 is 16.7. The summed E-state index contributed by atoms with van der Waals surface area (Å²) in [5.74, 6) is -1.01. The third-order valence-corrected chi connectivity index (χ3v) is 10.4. The zero-order valence-electron chi connectivity index (χ0n) is 41.4. The number of ether oxygens (including phenoxy) is 3. The number of carbonyl (C=O) groups is 3. The molecule has 0 aromatic rings. The minimum atomic E-state index is -0.822. The van der Waals surface area contributed by atoms with E-state index in [4.69, 9.17) is 14.2 Å². The zero-order valence-corrected chi connectivity index (χ0v) is 41.4. The van der Waals surface area contributed by atoms with Gasteiger partial charge in [-0.2, -0.15) is 0 Å². The smallest absolute Gasteiger partial charge is 0.306 e. The standard InChI is InChI=1S/C59H92O6/c1-4-7-10-13-16-19-22-25-27-28-29-30-32-34-37-40-43-46-49-52-58(61)64-55-56(54-63-57(60)51-48-45-42-39-36-33-24-21-18-15-12-9-6-3)65-59(62)53-50-47-44-41-38-35-31-26-23-20-17-14-11-8-5-2/h8-9,11-12,14-26,31,33,35-36,38,56H,4-7,10,13,27-30,32,34,37,39-55H2,1-3H3/b11-8-,12-9-,17-14-,18-15-,19-16-,23-20-,24-21-,25-22-,31-26-,36-33-,38-35-. The molecule has 0 aromatic carbocycles. The molecular formula is C59H92O6. The van der Waals surface area contributed by atoms with Crippen molar-refractivity contribution in [2.75, 3.05) is 13.2 Å². The van der Waals surface area contributed by atoms with Gasteiger partial charge in [-0.15, -0.1) is 0 Å². The summed E-state index contributed by atoms with van der Waals surface area (Å²) in [5, 5.41) is 0. The highest BCUT2D eigenvalue weighted by Crippen LogP contribution is 2.14. The van der Waals surface area contributed by atoms with Gasteiger partial charge >= 0.3 is 17.9 Å². The van der Waals surface area contributed by atoms with E-state index in [2.05, 4.69) is 69.4 Å². The van der Waals surface area contributed by atoms with Crippen molar-refractivity contribution in [3.8, 4) is 0 Å². The highest BCUT2D eigenvalue weighted by atomic mass is 16.6. The number of carbonyl (C=O) groups excluding carboxylic acids is 3. The van der Waals surface area contributed by atoms with E-state index in [9.17, 15) is 14.4 Å². The molecule has 65 heavy (non-hydrogen) atoms. The Morgan fingerprint density at radius 1 is 0.323 bits per heavy atom. The topological polar surface area (TPSA) is 78.9 Å². The number of unbranched alkanes of at least 4 members (excludes halogenated alkanes) is 19. The molecule has 0 aliphatic heterocycles. The monoisotopic (exact) mass is 897 g/mol. The van der Waals surface area contributed by atoms with E-state index in [0.717, 1.165) is 77.0 Å². The maximum atomic E-state index is 12.8. The van der Waals surface area contributed by atoms with Crippen molar-refractivity contribution >= 4 is 17.9 Å². The maximum absolute atomic E-state index is 12.8. The summed E-state index contributed by atoms with van der Waals surface area (Å²) in [4.78, 5) is 38.0. The molecule has 6 heteroatoms. The van der Waals surface area contributed by atoms with Gasteiger partial charge in [-0.05, 0) is 83.5 Å². The van der Waals surface area contributed by atoms with Crippen LogP contribution < -0.4 is 0 Å². The third kappa shape index (κ3) is 50.4. The molecule has 0 spiro atoms. The van der Waals surface area contributed by atoms with Crippen LogP contribution >= 0.6 is 0 Å². The van der Waals surface area contributed by atoms with Crippen LogP contribution in [0.5, 0.6) is 0 Å². The lowest BCUT2D eigenvalue weighted by molar-refractivity contribution is -0.167. The second-order valence-electron chi connectivity index (χ2n) is 16.6. The van der Waals surface area contributed by atoms with Crippen LogP contribution in [0.25, 0.3) is 0 Å². The number of allylic oxidation sites excluding steroid dienone is 22. The van der Waals surface area contributed by atoms with Crippen molar-refractivity contribution in [1.29, 1.82) is 0 Å². The van der Waals surface area contributed by atoms with E-state index < -0.39 is 6.10 Å². The Morgan fingerprint density at radius 3 is 0.969 bits per heavy atom. The van der Waals surface area contributed by atoms with E-state index >= 15 is 0 Å². The van der Waals surface area contributed by atoms with Crippen molar-refractivity contribution in [2.24, 2.45) is 0 Å². The molecule has 6 nitrogen and oxygen atoms in total. The summed E-state index contributed by atoms with van der Waals surface area (Å²) in [7, 11) is 0. The lowest BCUT2D eigenvalue weighted by Crippen LogP contribution is -2.30. The van der Waals surface area contributed by atoms with E-state index in [1.165, 1.54) is 77.0 Å². The Morgan fingerprint density at radius 2 is 0.600 bits per heavy atom. The summed E-state index contributed by atoms with van der Waals surface area (Å²) in [5.41, 5.74) is 0. The minimum Gasteiger partial charge on any atom is -0.462 e. The molecule has 1 atom stereocenters. The first-order valence-corrected chi connectivity index (χ1v) is 25.8. The first-order chi connectivity index (χ1) is 32.0. The van der Waals surface area contributed by atoms with Crippen LogP contribution in [-0.2, 0) is 28.6 Å². The molecule has 0 rings (SSSR count). The molecule has 0 heterocycles. The van der Waals surface area contributed by atoms with Gasteiger partial charge in [0.1, 0.15) is 13.2 Å². The molecule has 0 aromatic heterocycles. The van der Waals surface area contributed by atoms with Gasteiger partial charge in [-0.3, -0.25) is 14.4 Å². The summed E-state index contributed by atoms with van der Waals surface area (Å²) >= 11 is 0. The molecule has 0 bridgehead atoms. The van der Waals surface area contributed by atoms with Crippen LogP contribution in [0, 0.1) is 0 Å². The third-order valence-electron chi connectivity index (χ3n) is 10.4. The summed E-state index contributed by atoms with van der Waals surface area (Å²) in [6.07, 6.45) is 72.9. The van der Waals surface area contributed by atoms with Gasteiger partial charge in [-0.25, -0.2) is 0 Å². The maximum Gasteiger partial charge on any atom is 0.306 e. The van der Waals surface area contributed by atoms with Crippen LogP contribution in [-0.4, -0.2) is 37.2 Å². The Balaban J connectivity index is 4.51. The predicted octanol–water partition coefficient (Wildman–Crippen LogP) is 17.1. The Bertz CT molecular complexity index is 1450. The Hall–Kier alpha value is -4.45. The molecule has 1 unspecified atom stereocenters. The quantitative estimate of drug-likeness (QED) is 0.0262. The number of esters is 3. The predicted molar refractivity (Wildman–Crippen MR) is 279 cm³/mol.